The summed E-state index contributed by atoms with van der Waals surface area (Å²) < 4.78 is 8.00. The maximum atomic E-state index is 12.2. The molecule has 1 aromatic carbocycles. The van der Waals surface area contributed by atoms with Gasteiger partial charge in [-0.1, -0.05) is 12.1 Å². The first-order valence-electron chi connectivity index (χ1n) is 7.59. The number of rotatable bonds is 4. The lowest BCUT2D eigenvalue weighted by molar-refractivity contribution is 0.464. The van der Waals surface area contributed by atoms with Crippen molar-refractivity contribution in [3.63, 3.8) is 0 Å². The lowest BCUT2D eigenvalue weighted by Crippen LogP contribution is -2.28. The topological polar surface area (TPSA) is 93.8 Å². The highest BCUT2D eigenvalue weighted by molar-refractivity contribution is 5.72. The molecule has 0 saturated heterocycles. The standard InChI is InChI=1S/C17H16N4O3/c1-11-12(2)19-21(16(22)13(11)10-18)9-5-8-20-14-6-3-4-7-15(14)24-17(20)23/h3-4,6-7H,5,8-9H2,1-2H3. The van der Waals surface area contributed by atoms with Crippen molar-refractivity contribution in [2.75, 3.05) is 0 Å². The lowest BCUT2D eigenvalue weighted by Gasteiger charge is -2.09. The minimum absolute atomic E-state index is 0.119. The van der Waals surface area contributed by atoms with Crippen molar-refractivity contribution >= 4 is 11.1 Å². The van der Waals surface area contributed by atoms with Crippen LogP contribution in [0.4, 0.5) is 0 Å². The molecule has 0 aliphatic carbocycles. The summed E-state index contributed by atoms with van der Waals surface area (Å²) in [6.07, 6.45) is 0.518. The van der Waals surface area contributed by atoms with Gasteiger partial charge in [-0.2, -0.15) is 10.4 Å². The molecule has 122 valence electrons. The zero-order valence-electron chi connectivity index (χ0n) is 13.4. The minimum Gasteiger partial charge on any atom is -0.408 e. The SMILES string of the molecule is Cc1nn(CCCn2c(=O)oc3ccccc32)c(=O)c(C#N)c1C. The van der Waals surface area contributed by atoms with Crippen LogP contribution in [0.1, 0.15) is 23.2 Å². The maximum Gasteiger partial charge on any atom is 0.419 e. The first kappa shape index (κ1) is 15.7. The Morgan fingerprint density at radius 2 is 1.96 bits per heavy atom. The molecule has 0 radical (unpaired) electrons. The Balaban J connectivity index is 1.84. The van der Waals surface area contributed by atoms with Gasteiger partial charge in [-0.15, -0.1) is 0 Å². The highest BCUT2D eigenvalue weighted by Crippen LogP contribution is 2.12. The van der Waals surface area contributed by atoms with Gasteiger partial charge in [0, 0.05) is 13.1 Å². The number of hydrogen-bond acceptors (Lipinski definition) is 5. The van der Waals surface area contributed by atoms with E-state index in [0.717, 1.165) is 5.52 Å². The molecule has 0 spiro atoms. The highest BCUT2D eigenvalue weighted by Gasteiger charge is 2.12. The number of nitrogens with zero attached hydrogens (tertiary/aromatic N) is 4. The van der Waals surface area contributed by atoms with Gasteiger partial charge in [0.2, 0.25) is 0 Å². The smallest absolute Gasteiger partial charge is 0.408 e. The van der Waals surface area contributed by atoms with E-state index in [2.05, 4.69) is 5.10 Å². The number of hydrogen-bond donors (Lipinski definition) is 0. The molecule has 0 amide bonds. The third-order valence-electron chi connectivity index (χ3n) is 4.07. The zero-order chi connectivity index (χ0) is 17.3. The summed E-state index contributed by atoms with van der Waals surface area (Å²) in [6.45, 7) is 4.20. The molecule has 0 unspecified atom stereocenters. The van der Waals surface area contributed by atoms with E-state index in [1.165, 1.54) is 9.25 Å². The third-order valence-corrected chi connectivity index (χ3v) is 4.07. The maximum absolute atomic E-state index is 12.2. The van der Waals surface area contributed by atoms with E-state index in [0.29, 0.717) is 36.4 Å². The molecule has 7 heteroatoms. The quantitative estimate of drug-likeness (QED) is 0.728. The molecule has 24 heavy (non-hydrogen) atoms. The number of nitriles is 1. The Labute approximate surface area is 137 Å². The molecule has 0 N–H and O–H groups in total. The van der Waals surface area contributed by atoms with Crippen LogP contribution in [0.2, 0.25) is 0 Å². The molecule has 0 fully saturated rings. The van der Waals surface area contributed by atoms with Gasteiger partial charge in [0.15, 0.2) is 5.58 Å². The van der Waals surface area contributed by atoms with Crippen LogP contribution in [0.3, 0.4) is 0 Å². The van der Waals surface area contributed by atoms with Gasteiger partial charge in [0.1, 0.15) is 11.6 Å². The fraction of sp³-hybridized carbons (Fsp3) is 0.294. The van der Waals surface area contributed by atoms with Crippen LogP contribution in [0.25, 0.3) is 11.1 Å². The summed E-state index contributed by atoms with van der Waals surface area (Å²) >= 11 is 0. The second-order valence-electron chi connectivity index (χ2n) is 5.57. The van der Waals surface area contributed by atoms with E-state index < -0.39 is 11.3 Å². The van der Waals surface area contributed by atoms with E-state index in [9.17, 15) is 9.59 Å². The summed E-state index contributed by atoms with van der Waals surface area (Å²) in [5.41, 5.74) is 2.24. The molecule has 3 rings (SSSR count). The van der Waals surface area contributed by atoms with Crippen molar-refractivity contribution < 1.29 is 4.42 Å². The monoisotopic (exact) mass is 324 g/mol. The second-order valence-corrected chi connectivity index (χ2v) is 5.57. The van der Waals surface area contributed by atoms with E-state index in [-0.39, 0.29) is 5.56 Å². The first-order valence-corrected chi connectivity index (χ1v) is 7.59. The summed E-state index contributed by atoms with van der Waals surface area (Å²) in [6, 6.07) is 9.13. The number of para-hydroxylation sites is 2. The molecule has 2 aromatic heterocycles. The molecule has 0 aliphatic rings. The molecular weight excluding hydrogens is 308 g/mol. The number of aryl methyl sites for hydroxylation is 3. The molecule has 7 nitrogen and oxygen atoms in total. The van der Waals surface area contributed by atoms with Crippen LogP contribution in [0.15, 0.2) is 38.3 Å². The predicted octanol–water partition coefficient (Wildman–Crippen LogP) is 1.73. The van der Waals surface area contributed by atoms with Crippen LogP contribution >= 0.6 is 0 Å². The fourth-order valence-electron chi connectivity index (χ4n) is 2.66. The van der Waals surface area contributed by atoms with Gasteiger partial charge < -0.3 is 4.42 Å². The Bertz CT molecular complexity index is 1070. The van der Waals surface area contributed by atoms with Crippen molar-refractivity contribution in [2.45, 2.75) is 33.4 Å². The lowest BCUT2D eigenvalue weighted by atomic mass is 10.1. The van der Waals surface area contributed by atoms with E-state index >= 15 is 0 Å². The van der Waals surface area contributed by atoms with E-state index in [1.807, 2.05) is 18.2 Å². The van der Waals surface area contributed by atoms with Gasteiger partial charge in [0.05, 0.1) is 11.2 Å². The van der Waals surface area contributed by atoms with Gasteiger partial charge >= 0.3 is 5.76 Å². The Morgan fingerprint density at radius 1 is 1.21 bits per heavy atom. The van der Waals surface area contributed by atoms with Gasteiger partial charge in [-0.25, -0.2) is 9.48 Å². The van der Waals surface area contributed by atoms with Crippen molar-refractivity contribution in [1.29, 1.82) is 5.26 Å². The van der Waals surface area contributed by atoms with E-state index in [4.69, 9.17) is 9.68 Å². The largest absolute Gasteiger partial charge is 0.419 e. The van der Waals surface area contributed by atoms with Crippen molar-refractivity contribution in [3.05, 3.63) is 62.0 Å². The van der Waals surface area contributed by atoms with Crippen molar-refractivity contribution in [2.24, 2.45) is 0 Å². The predicted molar refractivity (Wildman–Crippen MR) is 87.8 cm³/mol. The molecule has 3 aromatic rings. The summed E-state index contributed by atoms with van der Waals surface area (Å²) in [4.78, 5) is 24.2. The third kappa shape index (κ3) is 2.63. The van der Waals surface area contributed by atoms with Crippen LogP contribution in [0.5, 0.6) is 0 Å². The minimum atomic E-state index is -0.422. The Kier molecular flexibility index (Phi) is 4.04. The average Bonchev–Trinajstić information content (AvgIpc) is 2.88. The Morgan fingerprint density at radius 3 is 2.71 bits per heavy atom. The van der Waals surface area contributed by atoms with Crippen molar-refractivity contribution in [3.8, 4) is 6.07 Å². The van der Waals surface area contributed by atoms with Crippen molar-refractivity contribution in [1.82, 2.24) is 14.3 Å². The van der Waals surface area contributed by atoms with Crippen LogP contribution < -0.4 is 11.3 Å². The summed E-state index contributed by atoms with van der Waals surface area (Å²) in [5.74, 6) is -0.422. The van der Waals surface area contributed by atoms with Crippen LogP contribution in [-0.2, 0) is 13.1 Å². The average molecular weight is 324 g/mol. The second kappa shape index (κ2) is 6.16. The Hall–Kier alpha value is -3.14. The normalized spacial score (nSPS) is 10.9. The zero-order valence-corrected chi connectivity index (χ0v) is 13.4. The van der Waals surface area contributed by atoms with Gasteiger partial charge in [-0.05, 0) is 38.0 Å². The van der Waals surface area contributed by atoms with E-state index in [1.54, 1.807) is 26.0 Å². The van der Waals surface area contributed by atoms with Crippen LogP contribution in [0, 0.1) is 25.2 Å². The molecule has 0 aliphatic heterocycles. The molecule has 0 saturated carbocycles. The van der Waals surface area contributed by atoms with Crippen LogP contribution in [-0.4, -0.2) is 14.3 Å². The number of aromatic nitrogens is 3. The number of benzene rings is 1. The number of oxazole rings is 1. The molecular formula is C17H16N4O3. The molecule has 2 heterocycles. The fourth-order valence-corrected chi connectivity index (χ4v) is 2.66. The molecule has 0 bridgehead atoms. The molecule has 0 atom stereocenters. The van der Waals surface area contributed by atoms with Gasteiger partial charge in [0.25, 0.3) is 5.56 Å². The van der Waals surface area contributed by atoms with Gasteiger partial charge in [-0.3, -0.25) is 9.36 Å². The summed E-state index contributed by atoms with van der Waals surface area (Å²) in [5, 5.41) is 13.4. The summed E-state index contributed by atoms with van der Waals surface area (Å²) in [7, 11) is 0. The highest BCUT2D eigenvalue weighted by atomic mass is 16.4. The first-order chi connectivity index (χ1) is 11.5. The number of fused-ring (bicyclic) bond motifs is 1.